The number of aromatic nitrogens is 6. The van der Waals surface area contributed by atoms with Crippen molar-refractivity contribution in [3.63, 3.8) is 0 Å². The number of imidazole rings is 1. The number of hydrogen-bond donors (Lipinski definition) is 1. The molecule has 0 bridgehead atoms. The number of rotatable bonds is 3. The molecule has 1 N–H and O–H groups in total. The Kier molecular flexibility index (Phi) is 2.96. The maximum absolute atomic E-state index is 4.25. The maximum Gasteiger partial charge on any atom is 0.181 e. The molecule has 0 aromatic carbocycles. The van der Waals surface area contributed by atoms with E-state index in [1.165, 1.54) is 5.69 Å². The molecule has 0 fully saturated rings. The first-order valence-electron chi connectivity index (χ1n) is 6.05. The number of tetrazole rings is 1. The molecule has 6 heteroatoms. The standard InChI is InChI=1S/C12H20N6/c1-11(2,3)9-6-13-8-18(9)7-12(4,5)10-14-16-17-15-10/h6,8H,7H2,1-5H3,(H,14,15,16,17). The van der Waals surface area contributed by atoms with Gasteiger partial charge in [-0.1, -0.05) is 39.8 Å². The highest BCUT2D eigenvalue weighted by atomic mass is 15.5. The summed E-state index contributed by atoms with van der Waals surface area (Å²) in [5.41, 5.74) is 1.09. The molecule has 0 amide bonds. The van der Waals surface area contributed by atoms with Gasteiger partial charge in [-0.15, -0.1) is 10.2 Å². The van der Waals surface area contributed by atoms with Crippen molar-refractivity contribution in [2.24, 2.45) is 0 Å². The molecule has 0 atom stereocenters. The lowest BCUT2D eigenvalue weighted by molar-refractivity contribution is 0.388. The van der Waals surface area contributed by atoms with Crippen LogP contribution in [0.15, 0.2) is 12.5 Å². The van der Waals surface area contributed by atoms with Crippen LogP contribution in [0.5, 0.6) is 0 Å². The van der Waals surface area contributed by atoms with Gasteiger partial charge < -0.3 is 4.57 Å². The summed E-state index contributed by atoms with van der Waals surface area (Å²) >= 11 is 0. The number of nitrogens with one attached hydrogen (secondary N) is 1. The van der Waals surface area contributed by atoms with Crippen LogP contribution in [0.1, 0.15) is 46.1 Å². The summed E-state index contributed by atoms with van der Waals surface area (Å²) < 4.78 is 2.16. The van der Waals surface area contributed by atoms with Crippen molar-refractivity contribution < 1.29 is 0 Å². The molecule has 0 aliphatic heterocycles. The van der Waals surface area contributed by atoms with E-state index in [1.54, 1.807) is 0 Å². The van der Waals surface area contributed by atoms with Gasteiger partial charge in [0.2, 0.25) is 0 Å². The molecule has 0 radical (unpaired) electrons. The third kappa shape index (κ3) is 2.42. The molecule has 2 aromatic heterocycles. The van der Waals surface area contributed by atoms with E-state index in [4.69, 9.17) is 0 Å². The minimum atomic E-state index is -0.187. The summed E-state index contributed by atoms with van der Waals surface area (Å²) in [6.45, 7) is 11.5. The van der Waals surface area contributed by atoms with Gasteiger partial charge in [-0.3, -0.25) is 0 Å². The highest BCUT2D eigenvalue weighted by molar-refractivity contribution is 5.12. The third-order valence-corrected chi connectivity index (χ3v) is 3.00. The fourth-order valence-corrected chi connectivity index (χ4v) is 2.02. The zero-order valence-corrected chi connectivity index (χ0v) is 11.6. The Bertz CT molecular complexity index is 503. The van der Waals surface area contributed by atoms with Crippen LogP contribution in [0.3, 0.4) is 0 Å². The first-order chi connectivity index (χ1) is 8.31. The van der Waals surface area contributed by atoms with Gasteiger partial charge in [0.1, 0.15) is 0 Å². The third-order valence-electron chi connectivity index (χ3n) is 3.00. The molecule has 0 spiro atoms. The molecule has 18 heavy (non-hydrogen) atoms. The largest absolute Gasteiger partial charge is 0.333 e. The van der Waals surface area contributed by atoms with Crippen LogP contribution >= 0.6 is 0 Å². The summed E-state index contributed by atoms with van der Waals surface area (Å²) in [6, 6.07) is 0. The van der Waals surface area contributed by atoms with Crippen molar-refractivity contribution in [2.45, 2.75) is 52.0 Å². The summed E-state index contributed by atoms with van der Waals surface area (Å²) in [5.74, 6) is 0.719. The van der Waals surface area contributed by atoms with Crippen molar-refractivity contribution in [2.75, 3.05) is 0 Å². The first-order valence-corrected chi connectivity index (χ1v) is 6.05. The Morgan fingerprint density at radius 3 is 2.50 bits per heavy atom. The second-order valence-corrected chi connectivity index (χ2v) is 6.28. The second-order valence-electron chi connectivity index (χ2n) is 6.28. The average Bonchev–Trinajstić information content (AvgIpc) is 2.83. The number of H-pyrrole nitrogens is 1. The van der Waals surface area contributed by atoms with Crippen LogP contribution in [0.2, 0.25) is 0 Å². The minimum absolute atomic E-state index is 0.0732. The molecule has 6 nitrogen and oxygen atoms in total. The van der Waals surface area contributed by atoms with Crippen LogP contribution in [0.4, 0.5) is 0 Å². The summed E-state index contributed by atoms with van der Waals surface area (Å²) in [4.78, 5) is 4.25. The molecule has 0 saturated carbocycles. The van der Waals surface area contributed by atoms with Gasteiger partial charge in [-0.25, -0.2) is 4.98 Å². The highest BCUT2D eigenvalue weighted by Crippen LogP contribution is 2.26. The van der Waals surface area contributed by atoms with Crippen molar-refractivity contribution in [1.82, 2.24) is 30.2 Å². The normalized spacial score (nSPS) is 12.9. The molecule has 2 rings (SSSR count). The Hall–Kier alpha value is -1.72. The van der Waals surface area contributed by atoms with E-state index >= 15 is 0 Å². The Balaban J connectivity index is 2.28. The van der Waals surface area contributed by atoms with Crippen LogP contribution in [0.25, 0.3) is 0 Å². The fourth-order valence-electron chi connectivity index (χ4n) is 2.02. The molecule has 2 heterocycles. The van der Waals surface area contributed by atoms with Gasteiger partial charge in [0, 0.05) is 29.3 Å². The molecule has 2 aromatic rings. The first kappa shape index (κ1) is 12.7. The van der Waals surface area contributed by atoms with E-state index < -0.39 is 0 Å². The molecular formula is C12H20N6. The van der Waals surface area contributed by atoms with Gasteiger partial charge >= 0.3 is 0 Å². The van der Waals surface area contributed by atoms with Crippen LogP contribution < -0.4 is 0 Å². The van der Waals surface area contributed by atoms with Gasteiger partial charge in [-0.05, 0) is 0 Å². The summed E-state index contributed by atoms with van der Waals surface area (Å²) in [6.07, 6.45) is 3.79. The molecule has 98 valence electrons. The second kappa shape index (κ2) is 4.19. The van der Waals surface area contributed by atoms with E-state index in [0.29, 0.717) is 0 Å². The van der Waals surface area contributed by atoms with E-state index in [0.717, 1.165) is 12.4 Å². The zero-order chi connectivity index (χ0) is 13.4. The smallest absolute Gasteiger partial charge is 0.181 e. The monoisotopic (exact) mass is 248 g/mol. The van der Waals surface area contributed by atoms with E-state index in [-0.39, 0.29) is 10.8 Å². The SMILES string of the molecule is CC(C)(C)c1cncn1CC(C)(C)c1nn[nH]n1. The zero-order valence-electron chi connectivity index (χ0n) is 11.6. The predicted molar refractivity (Wildman–Crippen MR) is 68.1 cm³/mol. The molecule has 0 aliphatic carbocycles. The number of hydrogen-bond acceptors (Lipinski definition) is 4. The van der Waals surface area contributed by atoms with Gasteiger partial charge in [0.05, 0.1) is 6.33 Å². The summed E-state index contributed by atoms with van der Waals surface area (Å²) in [5, 5.41) is 14.3. The Labute approximate surface area is 107 Å². The number of nitrogens with zero attached hydrogens (tertiary/aromatic N) is 5. The maximum atomic E-state index is 4.25. The van der Waals surface area contributed by atoms with Crippen LogP contribution in [0, 0.1) is 0 Å². The van der Waals surface area contributed by atoms with Gasteiger partial charge in [0.15, 0.2) is 5.82 Å². The van der Waals surface area contributed by atoms with E-state index in [2.05, 4.69) is 64.8 Å². The van der Waals surface area contributed by atoms with Crippen molar-refractivity contribution >= 4 is 0 Å². The quantitative estimate of drug-likeness (QED) is 0.896. The molecule has 0 aliphatic rings. The minimum Gasteiger partial charge on any atom is -0.333 e. The average molecular weight is 248 g/mol. The molecule has 0 saturated heterocycles. The summed E-state index contributed by atoms with van der Waals surface area (Å²) in [7, 11) is 0. The Morgan fingerprint density at radius 1 is 1.22 bits per heavy atom. The molecular weight excluding hydrogens is 228 g/mol. The van der Waals surface area contributed by atoms with Crippen molar-refractivity contribution in [1.29, 1.82) is 0 Å². The van der Waals surface area contributed by atoms with Crippen molar-refractivity contribution in [3.05, 3.63) is 24.0 Å². The Morgan fingerprint density at radius 2 is 1.94 bits per heavy atom. The van der Waals surface area contributed by atoms with Crippen LogP contribution in [-0.2, 0) is 17.4 Å². The topological polar surface area (TPSA) is 72.3 Å². The van der Waals surface area contributed by atoms with Gasteiger partial charge in [0.25, 0.3) is 0 Å². The highest BCUT2D eigenvalue weighted by Gasteiger charge is 2.28. The van der Waals surface area contributed by atoms with Gasteiger partial charge in [-0.2, -0.15) is 5.21 Å². The fraction of sp³-hybridized carbons (Fsp3) is 0.667. The lowest BCUT2D eigenvalue weighted by atomic mass is 9.89. The number of aromatic amines is 1. The van der Waals surface area contributed by atoms with E-state index in [1.807, 2.05) is 12.5 Å². The lowest BCUT2D eigenvalue weighted by Gasteiger charge is -2.26. The van der Waals surface area contributed by atoms with Crippen LogP contribution in [-0.4, -0.2) is 30.2 Å². The van der Waals surface area contributed by atoms with E-state index in [9.17, 15) is 0 Å². The lowest BCUT2D eigenvalue weighted by Crippen LogP contribution is -2.29. The predicted octanol–water partition coefficient (Wildman–Crippen LogP) is 1.67. The molecule has 0 unspecified atom stereocenters. The van der Waals surface area contributed by atoms with Crippen molar-refractivity contribution in [3.8, 4) is 0 Å².